The number of fused-ring (bicyclic) bond motifs is 1. The van der Waals surface area contributed by atoms with E-state index in [-0.39, 0.29) is 17.6 Å². The number of anilines is 1. The average Bonchev–Trinajstić information content (AvgIpc) is 2.94. The summed E-state index contributed by atoms with van der Waals surface area (Å²) in [6.07, 6.45) is 5.70. The molecule has 0 bridgehead atoms. The van der Waals surface area contributed by atoms with E-state index in [1.54, 1.807) is 17.0 Å². The minimum absolute atomic E-state index is 0.0676. The van der Waals surface area contributed by atoms with Gasteiger partial charge in [0.25, 0.3) is 5.56 Å². The molecule has 238 valence electrons. The third kappa shape index (κ3) is 7.27. The topological polar surface area (TPSA) is 74.5 Å². The highest BCUT2D eigenvalue weighted by Gasteiger charge is 2.39. The van der Waals surface area contributed by atoms with Crippen molar-refractivity contribution in [3.05, 3.63) is 68.7 Å². The summed E-state index contributed by atoms with van der Waals surface area (Å²) in [4.78, 5) is 26.1. The highest BCUT2D eigenvalue weighted by molar-refractivity contribution is 6.35. The number of halogens is 2. The Morgan fingerprint density at radius 3 is 2.55 bits per heavy atom. The standard InChI is InChI=1S/C35H48Cl2N6O/c1-8-26-14-31(21(2)17-35(26,6)7)41-34(42-18-22(3)39-23(4)19-42)40-28-11-12-29-32(16-28)38-20-43(33(29)44)24(5)13-25-9-10-27(36)15-30(25)37/h9-12,15-16,20-24,26,31,39H,8,13-14,17-19H2,1-7H3,(H,40,41)/t21-,22-,23+,24+,26+,31?/m0/s1. The maximum absolute atomic E-state index is 13.6. The Morgan fingerprint density at radius 2 is 1.86 bits per heavy atom. The van der Waals surface area contributed by atoms with Crippen LogP contribution < -0.4 is 16.2 Å². The summed E-state index contributed by atoms with van der Waals surface area (Å²) in [6, 6.07) is 12.1. The second-order valence-electron chi connectivity index (χ2n) is 14.0. The van der Waals surface area contributed by atoms with Gasteiger partial charge in [-0.2, -0.15) is 0 Å². The van der Waals surface area contributed by atoms with Crippen molar-refractivity contribution >= 4 is 45.8 Å². The number of hydrogen-bond donors (Lipinski definition) is 2. The van der Waals surface area contributed by atoms with Gasteiger partial charge in [-0.05, 0) is 93.2 Å². The summed E-state index contributed by atoms with van der Waals surface area (Å²) in [5.41, 5.74) is 2.76. The average molecular weight is 640 g/mol. The van der Waals surface area contributed by atoms with Crippen LogP contribution in [0.4, 0.5) is 5.69 Å². The number of nitrogens with one attached hydrogen (secondary N) is 2. The molecule has 1 saturated heterocycles. The first kappa shape index (κ1) is 32.8. The molecule has 7 nitrogen and oxygen atoms in total. The van der Waals surface area contributed by atoms with Crippen molar-refractivity contribution in [1.29, 1.82) is 0 Å². The number of aliphatic imine (C=N–C) groups is 1. The number of rotatable bonds is 6. The Bertz CT molecular complexity index is 1560. The van der Waals surface area contributed by atoms with Gasteiger partial charge in [0.05, 0.1) is 23.3 Å². The molecule has 2 aliphatic rings. The second kappa shape index (κ2) is 13.4. The van der Waals surface area contributed by atoms with Crippen molar-refractivity contribution in [1.82, 2.24) is 19.8 Å². The fourth-order valence-corrected chi connectivity index (χ4v) is 7.97. The first-order valence-electron chi connectivity index (χ1n) is 16.1. The zero-order chi connectivity index (χ0) is 31.8. The quantitative estimate of drug-likeness (QED) is 0.213. The Balaban J connectivity index is 1.42. The first-order chi connectivity index (χ1) is 20.8. The number of guanidine groups is 1. The maximum Gasteiger partial charge on any atom is 0.261 e. The molecule has 1 aliphatic heterocycles. The molecular weight excluding hydrogens is 591 g/mol. The van der Waals surface area contributed by atoms with Crippen LogP contribution in [0.25, 0.3) is 10.9 Å². The van der Waals surface area contributed by atoms with E-state index < -0.39 is 0 Å². The van der Waals surface area contributed by atoms with Gasteiger partial charge in [0.15, 0.2) is 5.96 Å². The fraction of sp³-hybridized carbons (Fsp3) is 0.571. The summed E-state index contributed by atoms with van der Waals surface area (Å²) < 4.78 is 1.69. The minimum Gasteiger partial charge on any atom is -0.340 e. The zero-order valence-corrected chi connectivity index (χ0v) is 28.7. The molecule has 3 aromatic rings. The highest BCUT2D eigenvalue weighted by atomic mass is 35.5. The van der Waals surface area contributed by atoms with Crippen molar-refractivity contribution in [2.75, 3.05) is 18.4 Å². The molecule has 2 heterocycles. The van der Waals surface area contributed by atoms with Crippen LogP contribution in [0.1, 0.15) is 79.3 Å². The van der Waals surface area contributed by atoms with E-state index in [4.69, 9.17) is 33.2 Å². The predicted octanol–water partition coefficient (Wildman–Crippen LogP) is 7.81. The van der Waals surface area contributed by atoms with Crippen LogP contribution in [0.5, 0.6) is 0 Å². The molecule has 0 spiro atoms. The molecule has 2 N–H and O–H groups in total. The third-order valence-electron chi connectivity index (χ3n) is 9.82. The molecule has 1 unspecified atom stereocenters. The van der Waals surface area contributed by atoms with Gasteiger partial charge in [-0.3, -0.25) is 9.36 Å². The van der Waals surface area contributed by atoms with Crippen LogP contribution in [0.3, 0.4) is 0 Å². The molecular formula is C35H48Cl2N6O. The molecule has 6 atom stereocenters. The molecule has 44 heavy (non-hydrogen) atoms. The first-order valence-corrected chi connectivity index (χ1v) is 16.9. The van der Waals surface area contributed by atoms with Crippen LogP contribution in [-0.2, 0) is 6.42 Å². The van der Waals surface area contributed by atoms with Gasteiger partial charge in [0.1, 0.15) is 0 Å². The summed E-state index contributed by atoms with van der Waals surface area (Å²) in [5.74, 6) is 2.07. The molecule has 2 fully saturated rings. The van der Waals surface area contributed by atoms with Crippen molar-refractivity contribution in [2.45, 2.75) is 98.3 Å². The molecule has 1 aromatic heterocycles. The molecule has 1 aliphatic carbocycles. The monoisotopic (exact) mass is 638 g/mol. The largest absolute Gasteiger partial charge is 0.340 e. The van der Waals surface area contributed by atoms with Crippen LogP contribution >= 0.6 is 23.2 Å². The van der Waals surface area contributed by atoms with E-state index >= 15 is 0 Å². The lowest BCUT2D eigenvalue weighted by Gasteiger charge is -2.45. The summed E-state index contributed by atoms with van der Waals surface area (Å²) in [7, 11) is 0. The van der Waals surface area contributed by atoms with E-state index in [9.17, 15) is 4.79 Å². The van der Waals surface area contributed by atoms with E-state index in [1.165, 1.54) is 12.8 Å². The normalized spacial score (nSPS) is 26.5. The van der Waals surface area contributed by atoms with Crippen molar-refractivity contribution in [2.24, 2.45) is 22.2 Å². The Morgan fingerprint density at radius 1 is 1.14 bits per heavy atom. The number of piperazine rings is 1. The van der Waals surface area contributed by atoms with Crippen LogP contribution in [0.15, 0.2) is 52.5 Å². The molecule has 5 rings (SSSR count). The van der Waals surface area contributed by atoms with Gasteiger partial charge in [0.2, 0.25) is 0 Å². The Kier molecular flexibility index (Phi) is 9.98. The summed E-state index contributed by atoms with van der Waals surface area (Å²) in [5, 5.41) is 9.11. The summed E-state index contributed by atoms with van der Waals surface area (Å²) >= 11 is 12.5. The van der Waals surface area contributed by atoms with Crippen molar-refractivity contribution in [3.63, 3.8) is 0 Å². The van der Waals surface area contributed by atoms with E-state index in [2.05, 4.69) is 57.1 Å². The van der Waals surface area contributed by atoms with E-state index in [0.717, 1.165) is 36.7 Å². The smallest absolute Gasteiger partial charge is 0.261 e. The Hall–Kier alpha value is -2.61. The van der Waals surface area contributed by atoms with Crippen LogP contribution in [0.2, 0.25) is 10.0 Å². The van der Waals surface area contributed by atoms with Crippen molar-refractivity contribution in [3.8, 4) is 0 Å². The van der Waals surface area contributed by atoms with Gasteiger partial charge in [-0.25, -0.2) is 9.98 Å². The number of aromatic nitrogens is 2. The minimum atomic E-state index is -0.124. The lowest BCUT2D eigenvalue weighted by Crippen LogP contribution is -2.57. The number of nitrogens with zero attached hydrogens (tertiary/aromatic N) is 4. The lowest BCUT2D eigenvalue weighted by molar-refractivity contribution is 0.0824. The van der Waals surface area contributed by atoms with E-state index in [0.29, 0.717) is 56.7 Å². The molecule has 0 radical (unpaired) electrons. The zero-order valence-electron chi connectivity index (χ0n) is 27.2. The van der Waals surface area contributed by atoms with Crippen molar-refractivity contribution < 1.29 is 0 Å². The molecule has 2 aromatic carbocycles. The summed E-state index contributed by atoms with van der Waals surface area (Å²) in [6.45, 7) is 17.7. The SMILES string of the molecule is CC[C@@H]1CC(N=C(Nc2ccc3c(=O)n([C@H](C)Cc4ccc(Cl)cc4Cl)cnc3c2)N2C[C@@H](C)N[C@@H](C)C2)[C@@H](C)CC1(C)C. The number of benzene rings is 2. The number of hydrogen-bond acceptors (Lipinski definition) is 4. The van der Waals surface area contributed by atoms with E-state index in [1.807, 2.05) is 37.3 Å². The molecule has 1 saturated carbocycles. The second-order valence-corrected chi connectivity index (χ2v) is 14.9. The highest BCUT2D eigenvalue weighted by Crippen LogP contribution is 2.46. The van der Waals surface area contributed by atoms with Gasteiger partial charge >= 0.3 is 0 Å². The third-order valence-corrected chi connectivity index (χ3v) is 10.4. The lowest BCUT2D eigenvalue weighted by atomic mass is 9.63. The van der Waals surface area contributed by atoms with Crippen LogP contribution in [-0.4, -0.2) is 51.6 Å². The fourth-order valence-electron chi connectivity index (χ4n) is 7.48. The molecule has 0 amide bonds. The van der Waals surface area contributed by atoms with Gasteiger partial charge in [-0.15, -0.1) is 0 Å². The van der Waals surface area contributed by atoms with Gasteiger partial charge in [0, 0.05) is 46.9 Å². The van der Waals surface area contributed by atoms with Gasteiger partial charge in [-0.1, -0.05) is 63.4 Å². The molecule has 9 heteroatoms. The van der Waals surface area contributed by atoms with Crippen LogP contribution in [0, 0.1) is 17.3 Å². The maximum atomic E-state index is 13.6. The van der Waals surface area contributed by atoms with Gasteiger partial charge < -0.3 is 15.5 Å². The Labute approximate surface area is 272 Å². The predicted molar refractivity (Wildman–Crippen MR) is 185 cm³/mol.